The minimum atomic E-state index is -0.356. The summed E-state index contributed by atoms with van der Waals surface area (Å²) in [5.41, 5.74) is -0.424. The average molecular weight is 208 g/mol. The smallest absolute Gasteiger partial charge is 0.164 e. The van der Waals surface area contributed by atoms with E-state index in [-0.39, 0.29) is 11.2 Å². The minimum absolute atomic E-state index is 0.0677. The Morgan fingerprint density at radius 1 is 1.20 bits per heavy atom. The first-order valence-corrected chi connectivity index (χ1v) is 6.28. The summed E-state index contributed by atoms with van der Waals surface area (Å²) in [6.45, 7) is 4.33. The lowest BCUT2D eigenvalue weighted by Crippen LogP contribution is -2.50. The molecule has 2 bridgehead atoms. The lowest BCUT2D eigenvalue weighted by Gasteiger charge is -2.41. The first-order chi connectivity index (χ1) is 7.05. The van der Waals surface area contributed by atoms with E-state index >= 15 is 0 Å². The number of ether oxygens (including phenoxy) is 1. The summed E-state index contributed by atoms with van der Waals surface area (Å²) in [6.07, 6.45) is 6.50. The topological polar surface area (TPSA) is 26.3 Å². The van der Waals surface area contributed by atoms with E-state index in [1.807, 2.05) is 0 Å². The Morgan fingerprint density at radius 3 is 2.73 bits per heavy atom. The molecule has 3 aliphatic rings. The third-order valence-electron chi connectivity index (χ3n) is 4.93. The molecule has 0 aromatic rings. The van der Waals surface area contributed by atoms with Crippen LogP contribution in [0.2, 0.25) is 0 Å². The van der Waals surface area contributed by atoms with E-state index in [2.05, 4.69) is 13.8 Å². The molecule has 2 heteroatoms. The monoisotopic (exact) mass is 208 g/mol. The number of hydrogen-bond acceptors (Lipinski definition) is 2. The normalized spacial score (nSPS) is 47.7. The highest BCUT2D eigenvalue weighted by molar-refractivity contribution is 5.89. The number of carbonyl (C=O) groups is 1. The van der Waals surface area contributed by atoms with Gasteiger partial charge < -0.3 is 4.74 Å². The third kappa shape index (κ3) is 1.17. The zero-order chi connectivity index (χ0) is 10.7. The molecular weight excluding hydrogens is 188 g/mol. The summed E-state index contributed by atoms with van der Waals surface area (Å²) in [6, 6.07) is 0. The highest BCUT2D eigenvalue weighted by Gasteiger charge is 2.61. The van der Waals surface area contributed by atoms with Gasteiger partial charge in [-0.15, -0.1) is 0 Å². The molecule has 0 aromatic heterocycles. The number of rotatable bonds is 0. The average Bonchev–Trinajstić information content (AvgIpc) is 2.38. The molecule has 2 aliphatic carbocycles. The Labute approximate surface area is 91.4 Å². The molecule has 3 fully saturated rings. The van der Waals surface area contributed by atoms with Gasteiger partial charge in [0.05, 0.1) is 5.60 Å². The quantitative estimate of drug-likeness (QED) is 0.612. The fraction of sp³-hybridized carbons (Fsp3) is 0.923. The maximum absolute atomic E-state index is 12.2. The van der Waals surface area contributed by atoms with Gasteiger partial charge in [0, 0.05) is 6.42 Å². The van der Waals surface area contributed by atoms with Gasteiger partial charge in [0.25, 0.3) is 0 Å². The van der Waals surface area contributed by atoms with Crippen molar-refractivity contribution in [2.75, 3.05) is 0 Å². The number of Topliss-reactive ketones (excluding diaryl/α,β-unsaturated/α-hetero) is 1. The van der Waals surface area contributed by atoms with Crippen LogP contribution in [0.1, 0.15) is 52.4 Å². The predicted molar refractivity (Wildman–Crippen MR) is 57.6 cm³/mol. The van der Waals surface area contributed by atoms with Gasteiger partial charge in [-0.25, -0.2) is 0 Å². The molecule has 15 heavy (non-hydrogen) atoms. The van der Waals surface area contributed by atoms with Gasteiger partial charge in [0.2, 0.25) is 0 Å². The van der Waals surface area contributed by atoms with Gasteiger partial charge in [-0.05, 0) is 57.8 Å². The van der Waals surface area contributed by atoms with E-state index in [1.54, 1.807) is 0 Å². The van der Waals surface area contributed by atoms with E-state index in [0.717, 1.165) is 19.3 Å². The maximum Gasteiger partial charge on any atom is 0.164 e. The summed E-state index contributed by atoms with van der Waals surface area (Å²) in [5.74, 6) is 1.53. The van der Waals surface area contributed by atoms with Gasteiger partial charge in [0.1, 0.15) is 5.60 Å². The van der Waals surface area contributed by atoms with E-state index in [0.29, 0.717) is 17.6 Å². The number of ketones is 1. The van der Waals surface area contributed by atoms with E-state index in [4.69, 9.17) is 4.74 Å². The molecule has 84 valence electrons. The highest BCUT2D eigenvalue weighted by Crippen LogP contribution is 2.56. The largest absolute Gasteiger partial charge is 0.361 e. The van der Waals surface area contributed by atoms with E-state index < -0.39 is 0 Å². The molecular formula is C13H20O2. The summed E-state index contributed by atoms with van der Waals surface area (Å²) in [5, 5.41) is 0. The van der Waals surface area contributed by atoms with Crippen molar-refractivity contribution in [2.45, 2.75) is 63.6 Å². The third-order valence-corrected chi connectivity index (χ3v) is 4.93. The van der Waals surface area contributed by atoms with Crippen LogP contribution in [0.25, 0.3) is 0 Å². The standard InChI is InChI=1S/C13H20O2/c1-12(2)10-7-6-9-4-3-5-11(14)13(9,8-10)15-12/h9-10H,3-8H2,1-2H3. The van der Waals surface area contributed by atoms with Crippen molar-refractivity contribution in [1.29, 1.82) is 0 Å². The Bertz CT molecular complexity index is 308. The summed E-state index contributed by atoms with van der Waals surface area (Å²) in [7, 11) is 0. The number of hydrogen-bond donors (Lipinski definition) is 0. The summed E-state index contributed by atoms with van der Waals surface area (Å²) >= 11 is 0. The number of carbonyl (C=O) groups excluding carboxylic acids is 1. The molecule has 3 rings (SSSR count). The molecule has 0 radical (unpaired) electrons. The van der Waals surface area contributed by atoms with E-state index in [1.165, 1.54) is 19.3 Å². The fourth-order valence-corrected chi connectivity index (χ4v) is 4.04. The molecule has 1 saturated heterocycles. The Hall–Kier alpha value is -0.370. The van der Waals surface area contributed by atoms with Crippen LogP contribution in [0.5, 0.6) is 0 Å². The van der Waals surface area contributed by atoms with Crippen LogP contribution in [0, 0.1) is 11.8 Å². The van der Waals surface area contributed by atoms with Crippen molar-refractivity contribution in [2.24, 2.45) is 11.8 Å². The van der Waals surface area contributed by atoms with Crippen molar-refractivity contribution >= 4 is 5.78 Å². The molecule has 0 N–H and O–H groups in total. The fourth-order valence-electron chi connectivity index (χ4n) is 4.04. The SMILES string of the molecule is CC1(C)OC23CC1CCC2CCCC3=O. The van der Waals surface area contributed by atoms with Gasteiger partial charge >= 0.3 is 0 Å². The predicted octanol–water partition coefficient (Wildman–Crippen LogP) is 2.70. The van der Waals surface area contributed by atoms with Crippen LogP contribution in [-0.4, -0.2) is 17.0 Å². The van der Waals surface area contributed by atoms with Crippen LogP contribution >= 0.6 is 0 Å². The first kappa shape index (κ1) is 9.83. The summed E-state index contributed by atoms with van der Waals surface area (Å²) < 4.78 is 6.23. The molecule has 1 spiro atoms. The maximum atomic E-state index is 12.2. The molecule has 3 unspecified atom stereocenters. The van der Waals surface area contributed by atoms with Crippen molar-refractivity contribution in [1.82, 2.24) is 0 Å². The van der Waals surface area contributed by atoms with Crippen molar-refractivity contribution in [3.63, 3.8) is 0 Å². The molecule has 1 heterocycles. The van der Waals surface area contributed by atoms with Gasteiger partial charge in [-0.2, -0.15) is 0 Å². The van der Waals surface area contributed by atoms with Crippen LogP contribution in [-0.2, 0) is 9.53 Å². The highest BCUT2D eigenvalue weighted by atomic mass is 16.5. The lowest BCUT2D eigenvalue weighted by molar-refractivity contribution is -0.164. The second kappa shape index (κ2) is 2.85. The molecule has 3 atom stereocenters. The Balaban J connectivity index is 2.00. The van der Waals surface area contributed by atoms with Crippen LogP contribution in [0.15, 0.2) is 0 Å². The number of fused-ring (bicyclic) bond motifs is 1. The van der Waals surface area contributed by atoms with Crippen molar-refractivity contribution < 1.29 is 9.53 Å². The van der Waals surface area contributed by atoms with Crippen LogP contribution < -0.4 is 0 Å². The lowest BCUT2D eigenvalue weighted by atomic mass is 9.64. The van der Waals surface area contributed by atoms with Gasteiger partial charge in [0.15, 0.2) is 5.78 Å². The second-order valence-electron chi connectivity index (χ2n) is 6.09. The minimum Gasteiger partial charge on any atom is -0.361 e. The van der Waals surface area contributed by atoms with E-state index in [9.17, 15) is 4.79 Å². The molecule has 2 saturated carbocycles. The van der Waals surface area contributed by atoms with Gasteiger partial charge in [-0.1, -0.05) is 0 Å². The van der Waals surface area contributed by atoms with Crippen molar-refractivity contribution in [3.8, 4) is 0 Å². The Morgan fingerprint density at radius 2 is 1.93 bits per heavy atom. The molecule has 1 aliphatic heterocycles. The van der Waals surface area contributed by atoms with Crippen LogP contribution in [0.3, 0.4) is 0 Å². The zero-order valence-corrected chi connectivity index (χ0v) is 9.71. The Kier molecular flexibility index (Phi) is 1.87. The van der Waals surface area contributed by atoms with Gasteiger partial charge in [-0.3, -0.25) is 4.79 Å². The molecule has 0 aromatic carbocycles. The molecule has 0 amide bonds. The first-order valence-electron chi connectivity index (χ1n) is 6.28. The van der Waals surface area contributed by atoms with Crippen molar-refractivity contribution in [3.05, 3.63) is 0 Å². The van der Waals surface area contributed by atoms with Crippen LogP contribution in [0.4, 0.5) is 0 Å². The summed E-state index contributed by atoms with van der Waals surface area (Å²) in [4.78, 5) is 12.2. The zero-order valence-electron chi connectivity index (χ0n) is 9.71. The second-order valence-corrected chi connectivity index (χ2v) is 6.09. The molecule has 2 nitrogen and oxygen atoms in total.